The van der Waals surface area contributed by atoms with Crippen LogP contribution in [0, 0.1) is 5.92 Å². The number of ketones is 1. The molecule has 3 aliphatic rings. The van der Waals surface area contributed by atoms with Gasteiger partial charge < -0.3 is 14.4 Å². The van der Waals surface area contributed by atoms with E-state index in [2.05, 4.69) is 21.9 Å². The van der Waals surface area contributed by atoms with E-state index in [1.165, 1.54) is 5.56 Å². The van der Waals surface area contributed by atoms with Crippen LogP contribution in [-0.4, -0.2) is 55.1 Å². The highest BCUT2D eigenvalue weighted by Crippen LogP contribution is 2.32. The second-order valence-corrected chi connectivity index (χ2v) is 7.17. The summed E-state index contributed by atoms with van der Waals surface area (Å²) in [6.07, 6.45) is 9.52. The Labute approximate surface area is 154 Å². The summed E-state index contributed by atoms with van der Waals surface area (Å²) in [5.74, 6) is 2.07. The van der Waals surface area contributed by atoms with Crippen molar-refractivity contribution in [2.24, 2.45) is 5.92 Å². The van der Waals surface area contributed by atoms with Crippen LogP contribution in [0.4, 0.5) is 0 Å². The lowest BCUT2D eigenvalue weighted by molar-refractivity contribution is -0.120. The zero-order chi connectivity index (χ0) is 17.8. The lowest BCUT2D eigenvalue weighted by Crippen LogP contribution is -2.46. The Balaban J connectivity index is 1.16. The van der Waals surface area contributed by atoms with Crippen molar-refractivity contribution in [3.63, 3.8) is 0 Å². The maximum absolute atomic E-state index is 12.1. The van der Waals surface area contributed by atoms with E-state index in [1.54, 1.807) is 0 Å². The molecule has 0 saturated carbocycles. The molecule has 2 aliphatic heterocycles. The van der Waals surface area contributed by atoms with E-state index in [-0.39, 0.29) is 5.92 Å². The van der Waals surface area contributed by atoms with Crippen LogP contribution in [0.1, 0.15) is 18.4 Å². The number of Topliss-reactive ketones (excluding diaryl/α,β-unsaturated/α-hetero) is 1. The van der Waals surface area contributed by atoms with Crippen molar-refractivity contribution in [1.29, 1.82) is 0 Å². The van der Waals surface area contributed by atoms with Crippen molar-refractivity contribution in [2.45, 2.75) is 19.4 Å². The third-order valence-corrected chi connectivity index (χ3v) is 5.33. The maximum Gasteiger partial charge on any atom is 0.231 e. The van der Waals surface area contributed by atoms with E-state index < -0.39 is 0 Å². The van der Waals surface area contributed by atoms with Crippen molar-refractivity contribution >= 4 is 5.78 Å². The first-order chi connectivity index (χ1) is 12.8. The molecule has 1 aromatic rings. The highest BCUT2D eigenvalue weighted by Gasteiger charge is 2.19. The largest absolute Gasteiger partial charge is 0.454 e. The number of ether oxygens (including phenoxy) is 2. The molecule has 0 bridgehead atoms. The Morgan fingerprint density at radius 1 is 1.00 bits per heavy atom. The van der Waals surface area contributed by atoms with Crippen LogP contribution in [0.5, 0.6) is 11.5 Å². The molecule has 138 valence electrons. The number of hydrogen-bond donors (Lipinski definition) is 0. The van der Waals surface area contributed by atoms with Gasteiger partial charge in [0.05, 0.1) is 5.92 Å². The minimum Gasteiger partial charge on any atom is -0.454 e. The van der Waals surface area contributed by atoms with Crippen LogP contribution in [0.2, 0.25) is 0 Å². The number of carbonyl (C=O) groups is 1. The summed E-state index contributed by atoms with van der Waals surface area (Å²) in [5.41, 5.74) is 1.27. The first-order valence-corrected chi connectivity index (χ1v) is 9.49. The van der Waals surface area contributed by atoms with Crippen LogP contribution in [-0.2, 0) is 11.3 Å². The fourth-order valence-electron chi connectivity index (χ4n) is 3.76. The van der Waals surface area contributed by atoms with Gasteiger partial charge in [-0.2, -0.15) is 0 Å². The fourth-order valence-corrected chi connectivity index (χ4v) is 3.76. The molecule has 1 aliphatic carbocycles. The Morgan fingerprint density at radius 2 is 1.73 bits per heavy atom. The molecule has 5 heteroatoms. The van der Waals surface area contributed by atoms with Crippen molar-refractivity contribution in [3.8, 4) is 11.5 Å². The average Bonchev–Trinajstić information content (AvgIpc) is 3.34. The van der Waals surface area contributed by atoms with Gasteiger partial charge in [0.1, 0.15) is 5.78 Å². The SMILES string of the molecule is O=C(CCCN1CCN(Cc2ccc3c(c2)OCO3)CC1)C1C=CC=C1. The molecule has 0 radical (unpaired) electrons. The molecule has 1 aromatic carbocycles. The molecule has 1 fully saturated rings. The summed E-state index contributed by atoms with van der Waals surface area (Å²) >= 11 is 0. The molecule has 5 nitrogen and oxygen atoms in total. The highest BCUT2D eigenvalue weighted by atomic mass is 16.7. The van der Waals surface area contributed by atoms with Crippen molar-refractivity contribution in [2.75, 3.05) is 39.5 Å². The molecular weight excluding hydrogens is 328 g/mol. The third kappa shape index (κ3) is 4.17. The lowest BCUT2D eigenvalue weighted by atomic mass is 10.0. The Bertz CT molecular complexity index is 693. The number of allylic oxidation sites excluding steroid dienone is 4. The second-order valence-electron chi connectivity index (χ2n) is 7.17. The third-order valence-electron chi connectivity index (χ3n) is 5.33. The van der Waals surface area contributed by atoms with Crippen LogP contribution < -0.4 is 9.47 Å². The quantitative estimate of drug-likeness (QED) is 0.753. The van der Waals surface area contributed by atoms with E-state index >= 15 is 0 Å². The zero-order valence-corrected chi connectivity index (χ0v) is 15.1. The highest BCUT2D eigenvalue weighted by molar-refractivity contribution is 5.85. The van der Waals surface area contributed by atoms with Gasteiger partial charge in [-0.25, -0.2) is 0 Å². The topological polar surface area (TPSA) is 42.0 Å². The average molecular weight is 354 g/mol. The van der Waals surface area contributed by atoms with Crippen molar-refractivity contribution in [1.82, 2.24) is 9.80 Å². The molecule has 2 heterocycles. The molecule has 0 N–H and O–H groups in total. The summed E-state index contributed by atoms with van der Waals surface area (Å²) in [6.45, 7) is 6.57. The van der Waals surface area contributed by atoms with Gasteiger partial charge in [-0.1, -0.05) is 30.4 Å². The van der Waals surface area contributed by atoms with E-state index in [1.807, 2.05) is 30.4 Å². The van der Waals surface area contributed by atoms with E-state index in [4.69, 9.17) is 9.47 Å². The van der Waals surface area contributed by atoms with Crippen molar-refractivity contribution in [3.05, 3.63) is 48.1 Å². The predicted molar refractivity (Wildman–Crippen MR) is 100 cm³/mol. The summed E-state index contributed by atoms with van der Waals surface area (Å²) in [7, 11) is 0. The minimum absolute atomic E-state index is 0.0218. The summed E-state index contributed by atoms with van der Waals surface area (Å²) in [6, 6.07) is 6.21. The van der Waals surface area contributed by atoms with Gasteiger partial charge >= 0.3 is 0 Å². The number of nitrogens with zero attached hydrogens (tertiary/aromatic N) is 2. The Hall–Kier alpha value is -2.11. The van der Waals surface area contributed by atoms with Gasteiger partial charge in [-0.05, 0) is 30.7 Å². The maximum atomic E-state index is 12.1. The molecule has 0 amide bonds. The van der Waals surface area contributed by atoms with Crippen LogP contribution >= 0.6 is 0 Å². The number of benzene rings is 1. The second kappa shape index (κ2) is 8.06. The first-order valence-electron chi connectivity index (χ1n) is 9.49. The molecule has 26 heavy (non-hydrogen) atoms. The minimum atomic E-state index is 0.0218. The molecule has 0 spiro atoms. The molecule has 0 aromatic heterocycles. The predicted octanol–water partition coefficient (Wildman–Crippen LogP) is 2.62. The monoisotopic (exact) mass is 354 g/mol. The normalized spacial score (nSPS) is 20.2. The number of rotatable bonds is 7. The molecule has 0 atom stereocenters. The van der Waals surface area contributed by atoms with Gasteiger partial charge in [0, 0.05) is 39.1 Å². The number of hydrogen-bond acceptors (Lipinski definition) is 5. The van der Waals surface area contributed by atoms with E-state index in [9.17, 15) is 4.79 Å². The van der Waals surface area contributed by atoms with E-state index in [0.29, 0.717) is 19.0 Å². The number of carbonyl (C=O) groups excluding carboxylic acids is 1. The Morgan fingerprint density at radius 3 is 2.54 bits per heavy atom. The zero-order valence-electron chi connectivity index (χ0n) is 15.1. The van der Waals surface area contributed by atoms with Gasteiger partial charge in [0.25, 0.3) is 0 Å². The summed E-state index contributed by atoms with van der Waals surface area (Å²) < 4.78 is 10.8. The summed E-state index contributed by atoms with van der Waals surface area (Å²) in [5, 5.41) is 0. The van der Waals surface area contributed by atoms with Crippen molar-refractivity contribution < 1.29 is 14.3 Å². The van der Waals surface area contributed by atoms with Crippen LogP contribution in [0.25, 0.3) is 0 Å². The first kappa shape index (κ1) is 17.3. The fraction of sp³-hybridized carbons (Fsp3) is 0.476. The van der Waals surface area contributed by atoms with E-state index in [0.717, 1.165) is 57.2 Å². The van der Waals surface area contributed by atoms with Gasteiger partial charge in [-0.3, -0.25) is 9.69 Å². The Kier molecular flexibility index (Phi) is 5.37. The molecule has 4 rings (SSSR count). The smallest absolute Gasteiger partial charge is 0.231 e. The number of fused-ring (bicyclic) bond motifs is 1. The van der Waals surface area contributed by atoms with Crippen LogP contribution in [0.15, 0.2) is 42.5 Å². The molecule has 1 saturated heterocycles. The van der Waals surface area contributed by atoms with Gasteiger partial charge in [0.2, 0.25) is 6.79 Å². The summed E-state index contributed by atoms with van der Waals surface area (Å²) in [4.78, 5) is 17.0. The number of piperazine rings is 1. The molecular formula is C21H26N2O3. The lowest BCUT2D eigenvalue weighted by Gasteiger charge is -2.34. The van der Waals surface area contributed by atoms with Gasteiger partial charge in [-0.15, -0.1) is 0 Å². The standard InChI is InChI=1S/C21H26N2O3/c24-19(18-4-1-2-5-18)6-3-9-22-10-12-23(13-11-22)15-17-7-8-20-21(14-17)26-16-25-20/h1-2,4-5,7-8,14,18H,3,6,9-13,15-16H2. The van der Waals surface area contributed by atoms with Crippen LogP contribution in [0.3, 0.4) is 0 Å². The van der Waals surface area contributed by atoms with Gasteiger partial charge in [0.15, 0.2) is 11.5 Å². The molecule has 0 unspecified atom stereocenters.